The Morgan fingerprint density at radius 3 is 2.58 bits per heavy atom. The molecule has 186 valence electrons. The maximum absolute atomic E-state index is 15.6. The normalized spacial score (nSPS) is 23.4. The van der Waals surface area contributed by atoms with Crippen LogP contribution in [0.2, 0.25) is 0 Å². The number of ether oxygens (including phenoxy) is 4. The molecule has 0 unspecified atom stereocenters. The van der Waals surface area contributed by atoms with Crippen LogP contribution in [0.5, 0.6) is 5.88 Å². The number of halogens is 1. The number of fused-ring (bicyclic) bond motifs is 1. The summed E-state index contributed by atoms with van der Waals surface area (Å²) in [5, 5.41) is 3.65. The van der Waals surface area contributed by atoms with Crippen LogP contribution in [0.4, 0.5) is 4.39 Å². The molecule has 4 atom stereocenters. The van der Waals surface area contributed by atoms with Crippen molar-refractivity contribution in [2.45, 2.75) is 76.1 Å². The van der Waals surface area contributed by atoms with E-state index in [0.29, 0.717) is 13.2 Å². The lowest BCUT2D eigenvalue weighted by atomic mass is 10.1. The second-order valence-electron chi connectivity index (χ2n) is 7.98. The van der Waals surface area contributed by atoms with Gasteiger partial charge in [0.2, 0.25) is 15.5 Å². The number of hydrogen-bond acceptors (Lipinski definition) is 9. The Hall–Kier alpha value is -1.89. The molecule has 1 saturated heterocycles. The number of unbranched alkanes of at least 4 members (excludes halogenated alkanes) is 2. The molecule has 1 aliphatic heterocycles. The molecule has 0 amide bonds. The van der Waals surface area contributed by atoms with Crippen LogP contribution in [-0.2, 0) is 24.0 Å². The molecule has 0 bridgehead atoms. The van der Waals surface area contributed by atoms with E-state index < -0.39 is 39.5 Å². The Bertz CT molecular complexity index is 1020. The third-order valence-electron chi connectivity index (χ3n) is 5.27. The molecule has 0 radical (unpaired) electrons. The fourth-order valence-corrected chi connectivity index (χ4v) is 4.01. The first-order valence-electron chi connectivity index (χ1n) is 11.4. The molecule has 33 heavy (non-hydrogen) atoms. The van der Waals surface area contributed by atoms with Gasteiger partial charge in [0.1, 0.15) is 18.3 Å². The minimum atomic E-state index is -3.75. The van der Waals surface area contributed by atoms with Gasteiger partial charge in [0.15, 0.2) is 6.17 Å². The highest BCUT2D eigenvalue weighted by Gasteiger charge is 2.48. The number of sulfone groups is 1. The Labute approximate surface area is 193 Å². The van der Waals surface area contributed by atoms with Gasteiger partial charge in [-0.05, 0) is 19.8 Å². The molecule has 0 N–H and O–H groups in total. The van der Waals surface area contributed by atoms with Crippen molar-refractivity contribution in [3.63, 3.8) is 0 Å². The molecule has 10 nitrogen and oxygen atoms in total. The first-order chi connectivity index (χ1) is 15.8. The zero-order valence-electron chi connectivity index (χ0n) is 19.6. The van der Waals surface area contributed by atoms with Crippen LogP contribution >= 0.6 is 0 Å². The van der Waals surface area contributed by atoms with Crippen molar-refractivity contribution in [2.24, 2.45) is 0 Å². The SMILES string of the molecule is CCCCOC[C@H]1O[C@@H](c2cnc3c(OCC)nc(S(C)(=O)=O)nn23)[C@H](F)[C@@H]1OCCCC. The van der Waals surface area contributed by atoms with Gasteiger partial charge < -0.3 is 18.9 Å². The molecule has 0 saturated carbocycles. The number of hydrogen-bond donors (Lipinski definition) is 0. The zero-order valence-corrected chi connectivity index (χ0v) is 20.4. The zero-order chi connectivity index (χ0) is 24.0. The average Bonchev–Trinajstić information content (AvgIpc) is 3.32. The lowest BCUT2D eigenvalue weighted by molar-refractivity contribution is -0.0673. The van der Waals surface area contributed by atoms with E-state index in [1.54, 1.807) is 6.92 Å². The minimum Gasteiger partial charge on any atom is -0.475 e. The second-order valence-corrected chi connectivity index (χ2v) is 9.89. The van der Waals surface area contributed by atoms with Gasteiger partial charge in [-0.1, -0.05) is 26.7 Å². The van der Waals surface area contributed by atoms with Gasteiger partial charge in [0.05, 0.1) is 25.1 Å². The topological polar surface area (TPSA) is 114 Å². The van der Waals surface area contributed by atoms with E-state index in [1.807, 2.05) is 6.92 Å². The standard InChI is InChI=1S/C21H33FN4O6S/c1-5-8-10-29-13-15-18(31-11-9-6-2)16(22)17(32-15)14-12-23-19-20(30-7-3)24-21(25-26(14)19)33(4,27)28/h12,15-18H,5-11,13H2,1-4H3/t15-,16+,17+,18-/m1/s1. The van der Waals surface area contributed by atoms with Crippen molar-refractivity contribution >= 4 is 15.5 Å². The third-order valence-corrected chi connectivity index (χ3v) is 6.10. The molecule has 0 spiro atoms. The van der Waals surface area contributed by atoms with E-state index in [0.717, 1.165) is 31.9 Å². The van der Waals surface area contributed by atoms with Gasteiger partial charge in [0.25, 0.3) is 11.0 Å². The maximum Gasteiger partial charge on any atom is 0.268 e. The molecule has 1 fully saturated rings. The Kier molecular flexibility index (Phi) is 8.96. The third kappa shape index (κ3) is 5.97. The van der Waals surface area contributed by atoms with Gasteiger partial charge in [-0.2, -0.15) is 4.98 Å². The summed E-state index contributed by atoms with van der Waals surface area (Å²) < 4.78 is 64.1. The predicted octanol–water partition coefficient (Wildman–Crippen LogP) is 2.71. The Morgan fingerprint density at radius 1 is 1.18 bits per heavy atom. The summed E-state index contributed by atoms with van der Waals surface area (Å²) in [5.74, 6) is 0.00257. The Morgan fingerprint density at radius 2 is 1.91 bits per heavy atom. The lowest BCUT2D eigenvalue weighted by Gasteiger charge is -2.20. The molecule has 0 aromatic carbocycles. The number of aromatic nitrogens is 4. The van der Waals surface area contributed by atoms with Crippen LogP contribution in [0.25, 0.3) is 5.65 Å². The van der Waals surface area contributed by atoms with Crippen LogP contribution in [0.15, 0.2) is 11.4 Å². The van der Waals surface area contributed by atoms with E-state index >= 15 is 4.39 Å². The van der Waals surface area contributed by atoms with Crippen LogP contribution in [0.1, 0.15) is 58.3 Å². The first kappa shape index (κ1) is 25.7. The summed E-state index contributed by atoms with van der Waals surface area (Å²) in [5.41, 5.74) is 0.437. The van der Waals surface area contributed by atoms with Crippen molar-refractivity contribution < 1.29 is 31.8 Å². The summed E-state index contributed by atoms with van der Waals surface area (Å²) in [6, 6.07) is 0. The number of imidazole rings is 1. The van der Waals surface area contributed by atoms with Gasteiger partial charge >= 0.3 is 0 Å². The number of nitrogens with zero attached hydrogens (tertiary/aromatic N) is 4. The molecule has 2 aromatic rings. The maximum atomic E-state index is 15.6. The smallest absolute Gasteiger partial charge is 0.268 e. The highest BCUT2D eigenvalue weighted by molar-refractivity contribution is 7.90. The molecule has 3 rings (SSSR count). The molecule has 12 heteroatoms. The predicted molar refractivity (Wildman–Crippen MR) is 118 cm³/mol. The average molecular weight is 489 g/mol. The van der Waals surface area contributed by atoms with Crippen LogP contribution in [-0.4, -0.2) is 79.1 Å². The summed E-state index contributed by atoms with van der Waals surface area (Å²) in [6.45, 7) is 7.23. The monoisotopic (exact) mass is 488 g/mol. The van der Waals surface area contributed by atoms with E-state index in [1.165, 1.54) is 10.7 Å². The van der Waals surface area contributed by atoms with E-state index in [9.17, 15) is 8.42 Å². The molecule has 3 heterocycles. The van der Waals surface area contributed by atoms with Crippen molar-refractivity contribution in [3.05, 3.63) is 11.9 Å². The number of rotatable bonds is 13. The van der Waals surface area contributed by atoms with E-state index in [4.69, 9.17) is 18.9 Å². The van der Waals surface area contributed by atoms with E-state index in [-0.39, 0.29) is 30.4 Å². The molecule has 2 aromatic heterocycles. The second kappa shape index (κ2) is 11.5. The highest BCUT2D eigenvalue weighted by atomic mass is 32.2. The quantitative estimate of drug-likeness (QED) is 0.393. The summed E-state index contributed by atoms with van der Waals surface area (Å²) in [6.07, 6.45) is 1.98. The van der Waals surface area contributed by atoms with Gasteiger partial charge in [-0.15, -0.1) is 5.10 Å². The van der Waals surface area contributed by atoms with Crippen molar-refractivity contribution in [3.8, 4) is 5.88 Å². The summed E-state index contributed by atoms with van der Waals surface area (Å²) in [7, 11) is -3.75. The van der Waals surface area contributed by atoms with Gasteiger partial charge in [-0.3, -0.25) is 0 Å². The van der Waals surface area contributed by atoms with Crippen molar-refractivity contribution in [1.82, 2.24) is 19.6 Å². The molecular weight excluding hydrogens is 455 g/mol. The summed E-state index contributed by atoms with van der Waals surface area (Å²) >= 11 is 0. The fourth-order valence-electron chi connectivity index (χ4n) is 3.53. The van der Waals surface area contributed by atoms with Crippen LogP contribution < -0.4 is 4.74 Å². The lowest BCUT2D eigenvalue weighted by Crippen LogP contribution is -2.34. The molecule has 1 aliphatic rings. The molecular formula is C21H33FN4O6S. The first-order valence-corrected chi connectivity index (χ1v) is 13.3. The number of alkyl halides is 1. The van der Waals surface area contributed by atoms with Crippen molar-refractivity contribution in [1.29, 1.82) is 0 Å². The highest BCUT2D eigenvalue weighted by Crippen LogP contribution is 2.38. The van der Waals surface area contributed by atoms with Crippen LogP contribution in [0, 0.1) is 0 Å². The Balaban J connectivity index is 1.94. The minimum absolute atomic E-state index is 0.00257. The largest absolute Gasteiger partial charge is 0.475 e. The van der Waals surface area contributed by atoms with Gasteiger partial charge in [-0.25, -0.2) is 22.3 Å². The van der Waals surface area contributed by atoms with Crippen LogP contribution in [0.3, 0.4) is 0 Å². The van der Waals surface area contributed by atoms with Gasteiger partial charge in [0, 0.05) is 19.5 Å². The fraction of sp³-hybridized carbons (Fsp3) is 0.762. The molecule has 0 aliphatic carbocycles. The van der Waals surface area contributed by atoms with Crippen molar-refractivity contribution in [2.75, 3.05) is 32.7 Å². The summed E-state index contributed by atoms with van der Waals surface area (Å²) in [4.78, 5) is 8.23. The van der Waals surface area contributed by atoms with E-state index in [2.05, 4.69) is 22.0 Å².